The van der Waals surface area contributed by atoms with Crippen LogP contribution in [-0.4, -0.2) is 26.4 Å². The maximum Gasteiger partial charge on any atom is 0.234 e. The van der Waals surface area contributed by atoms with E-state index < -0.39 is 5.82 Å². The van der Waals surface area contributed by atoms with Gasteiger partial charge in [-0.25, -0.2) is 4.39 Å². The van der Waals surface area contributed by atoms with Gasteiger partial charge in [0.2, 0.25) is 5.91 Å². The van der Waals surface area contributed by atoms with Gasteiger partial charge in [-0.15, -0.1) is 10.2 Å². The van der Waals surface area contributed by atoms with Crippen LogP contribution in [0.25, 0.3) is 11.4 Å². The van der Waals surface area contributed by atoms with Crippen molar-refractivity contribution in [1.82, 2.24) is 14.8 Å². The Labute approximate surface area is 169 Å². The number of nitrogens with one attached hydrogen (secondary N) is 1. The van der Waals surface area contributed by atoms with Crippen molar-refractivity contribution < 1.29 is 9.18 Å². The molecule has 0 fully saturated rings. The molecule has 140 valence electrons. The van der Waals surface area contributed by atoms with Gasteiger partial charge < -0.3 is 9.88 Å². The summed E-state index contributed by atoms with van der Waals surface area (Å²) >= 11 is 13.0. The first-order valence-corrected chi connectivity index (χ1v) is 9.79. The highest BCUT2D eigenvalue weighted by Crippen LogP contribution is 2.25. The molecule has 0 saturated heterocycles. The van der Waals surface area contributed by atoms with Crippen LogP contribution in [0.3, 0.4) is 0 Å². The molecule has 5 nitrogen and oxygen atoms in total. The van der Waals surface area contributed by atoms with E-state index in [1.807, 2.05) is 23.6 Å². The number of aromatic nitrogens is 3. The van der Waals surface area contributed by atoms with E-state index in [4.69, 9.17) is 23.2 Å². The van der Waals surface area contributed by atoms with E-state index in [0.717, 1.165) is 5.56 Å². The molecule has 0 saturated carbocycles. The number of carbonyl (C=O) groups is 1. The van der Waals surface area contributed by atoms with Crippen molar-refractivity contribution in [1.29, 1.82) is 0 Å². The van der Waals surface area contributed by atoms with Crippen LogP contribution in [0.2, 0.25) is 10.0 Å². The molecule has 0 unspecified atom stereocenters. The molecule has 0 atom stereocenters. The fourth-order valence-electron chi connectivity index (χ4n) is 2.40. The van der Waals surface area contributed by atoms with Crippen molar-refractivity contribution in [2.75, 3.05) is 11.1 Å². The summed E-state index contributed by atoms with van der Waals surface area (Å²) in [6.45, 7) is 2.60. The van der Waals surface area contributed by atoms with E-state index in [-0.39, 0.29) is 17.3 Å². The third kappa shape index (κ3) is 4.80. The van der Waals surface area contributed by atoms with Gasteiger partial charge in [0.15, 0.2) is 11.0 Å². The molecule has 3 rings (SSSR count). The van der Waals surface area contributed by atoms with Crippen LogP contribution in [0.5, 0.6) is 0 Å². The summed E-state index contributed by atoms with van der Waals surface area (Å²) in [5, 5.41) is 12.5. The summed E-state index contributed by atoms with van der Waals surface area (Å²) in [5.41, 5.74) is 0.929. The molecule has 0 bridgehead atoms. The first kappa shape index (κ1) is 19.7. The number of hydrogen-bond acceptors (Lipinski definition) is 4. The highest BCUT2D eigenvalue weighted by Gasteiger charge is 2.15. The van der Waals surface area contributed by atoms with Gasteiger partial charge in [-0.05, 0) is 49.4 Å². The normalized spacial score (nSPS) is 10.8. The van der Waals surface area contributed by atoms with Gasteiger partial charge in [0.05, 0.1) is 11.4 Å². The van der Waals surface area contributed by atoms with E-state index in [1.165, 1.54) is 30.0 Å². The van der Waals surface area contributed by atoms with Crippen molar-refractivity contribution >= 4 is 46.6 Å². The Kier molecular flexibility index (Phi) is 6.36. The van der Waals surface area contributed by atoms with Crippen LogP contribution in [0, 0.1) is 5.82 Å². The van der Waals surface area contributed by atoms with Gasteiger partial charge in [0, 0.05) is 22.2 Å². The van der Waals surface area contributed by atoms with E-state index in [0.29, 0.717) is 27.6 Å². The average molecular weight is 425 g/mol. The molecule has 0 aliphatic carbocycles. The highest BCUT2D eigenvalue weighted by molar-refractivity contribution is 7.99. The molecule has 27 heavy (non-hydrogen) atoms. The fourth-order valence-corrected chi connectivity index (χ4v) is 3.50. The summed E-state index contributed by atoms with van der Waals surface area (Å²) in [6, 6.07) is 11.3. The Morgan fingerprint density at radius 2 is 1.85 bits per heavy atom. The summed E-state index contributed by atoms with van der Waals surface area (Å²) in [4.78, 5) is 12.1. The third-order valence-electron chi connectivity index (χ3n) is 3.67. The summed E-state index contributed by atoms with van der Waals surface area (Å²) in [6.07, 6.45) is 0. The second kappa shape index (κ2) is 8.73. The quantitative estimate of drug-likeness (QED) is 0.556. The number of nitrogens with zero attached hydrogens (tertiary/aromatic N) is 3. The fraction of sp³-hybridized carbons (Fsp3) is 0.167. The number of thioether (sulfide) groups is 1. The van der Waals surface area contributed by atoms with Gasteiger partial charge in [0.1, 0.15) is 5.82 Å². The Morgan fingerprint density at radius 3 is 2.56 bits per heavy atom. The summed E-state index contributed by atoms with van der Waals surface area (Å²) < 4.78 is 15.6. The van der Waals surface area contributed by atoms with Crippen LogP contribution in [0.4, 0.5) is 10.1 Å². The number of hydrogen-bond donors (Lipinski definition) is 1. The Bertz CT molecular complexity index is 962. The molecule has 1 aromatic heterocycles. The monoisotopic (exact) mass is 424 g/mol. The minimum Gasteiger partial charge on any atom is -0.323 e. The van der Waals surface area contributed by atoms with Crippen LogP contribution < -0.4 is 5.32 Å². The smallest absolute Gasteiger partial charge is 0.234 e. The lowest BCUT2D eigenvalue weighted by atomic mass is 10.2. The topological polar surface area (TPSA) is 59.8 Å². The van der Waals surface area contributed by atoms with Crippen molar-refractivity contribution in [2.45, 2.75) is 18.6 Å². The van der Waals surface area contributed by atoms with Crippen LogP contribution >= 0.6 is 35.0 Å². The Hall–Kier alpha value is -2.09. The van der Waals surface area contributed by atoms with Gasteiger partial charge in [-0.1, -0.05) is 35.0 Å². The molecule has 0 aliphatic rings. The van der Waals surface area contributed by atoms with E-state index in [1.54, 1.807) is 12.1 Å². The molecule has 3 aromatic rings. The van der Waals surface area contributed by atoms with Gasteiger partial charge >= 0.3 is 0 Å². The zero-order valence-electron chi connectivity index (χ0n) is 14.2. The largest absolute Gasteiger partial charge is 0.323 e. The Morgan fingerprint density at radius 1 is 1.15 bits per heavy atom. The van der Waals surface area contributed by atoms with E-state index >= 15 is 0 Å². The molecule has 1 N–H and O–H groups in total. The summed E-state index contributed by atoms with van der Waals surface area (Å²) in [7, 11) is 0. The van der Waals surface area contributed by atoms with Crippen LogP contribution in [-0.2, 0) is 11.3 Å². The summed E-state index contributed by atoms with van der Waals surface area (Å²) in [5.74, 6) is -0.151. The third-order valence-corrected chi connectivity index (χ3v) is 5.12. The lowest BCUT2D eigenvalue weighted by Crippen LogP contribution is -2.15. The number of anilines is 1. The molecule has 1 heterocycles. The first-order chi connectivity index (χ1) is 13.0. The molecule has 1 amide bonds. The van der Waals surface area contributed by atoms with Crippen molar-refractivity contribution in [3.05, 3.63) is 58.3 Å². The van der Waals surface area contributed by atoms with Gasteiger partial charge in [0.25, 0.3) is 0 Å². The number of halogens is 3. The van der Waals surface area contributed by atoms with Gasteiger partial charge in [-0.3, -0.25) is 4.79 Å². The lowest BCUT2D eigenvalue weighted by Gasteiger charge is -2.08. The molecular formula is C18H15Cl2FN4OS. The maximum atomic E-state index is 13.7. The van der Waals surface area contributed by atoms with Gasteiger partial charge in [-0.2, -0.15) is 0 Å². The SMILES string of the molecule is CCn1c(SCC(=O)Nc2cc(Cl)ccc2F)nnc1-c1ccc(Cl)cc1. The van der Waals surface area contributed by atoms with Crippen LogP contribution in [0.15, 0.2) is 47.6 Å². The first-order valence-electron chi connectivity index (χ1n) is 8.04. The molecule has 0 aliphatic heterocycles. The molecule has 2 aromatic carbocycles. The van der Waals surface area contributed by atoms with Crippen molar-refractivity contribution in [3.63, 3.8) is 0 Å². The van der Waals surface area contributed by atoms with Crippen LogP contribution in [0.1, 0.15) is 6.92 Å². The second-order valence-electron chi connectivity index (χ2n) is 5.52. The minimum absolute atomic E-state index is 0.0481. The standard InChI is InChI=1S/C18H15Cl2FN4OS/c1-2-25-17(11-3-5-12(19)6-4-11)23-24-18(25)27-10-16(26)22-15-9-13(20)7-8-14(15)21/h3-9H,2,10H2,1H3,(H,22,26). The zero-order chi connectivity index (χ0) is 19.4. The molecule has 0 spiro atoms. The number of amides is 1. The van der Waals surface area contributed by atoms with E-state index in [9.17, 15) is 9.18 Å². The predicted octanol–water partition coefficient (Wildman–Crippen LogP) is 5.14. The predicted molar refractivity (Wildman–Crippen MR) is 107 cm³/mol. The van der Waals surface area contributed by atoms with Crippen molar-refractivity contribution in [3.8, 4) is 11.4 Å². The molecule has 0 radical (unpaired) electrons. The Balaban J connectivity index is 1.70. The molecular weight excluding hydrogens is 410 g/mol. The van der Waals surface area contributed by atoms with E-state index in [2.05, 4.69) is 15.5 Å². The van der Waals surface area contributed by atoms with Crippen molar-refractivity contribution in [2.24, 2.45) is 0 Å². The number of benzene rings is 2. The maximum absolute atomic E-state index is 13.7. The highest BCUT2D eigenvalue weighted by atomic mass is 35.5. The number of carbonyl (C=O) groups excluding carboxylic acids is 1. The lowest BCUT2D eigenvalue weighted by molar-refractivity contribution is -0.113. The molecule has 9 heteroatoms. The minimum atomic E-state index is -0.542. The zero-order valence-corrected chi connectivity index (χ0v) is 16.6. The average Bonchev–Trinajstić information content (AvgIpc) is 3.06. The second-order valence-corrected chi connectivity index (χ2v) is 7.33. The number of rotatable bonds is 6.